The summed E-state index contributed by atoms with van der Waals surface area (Å²) in [5, 5.41) is 2.84. The van der Waals surface area contributed by atoms with Crippen molar-refractivity contribution in [3.8, 4) is 0 Å². The molecule has 0 unspecified atom stereocenters. The van der Waals surface area contributed by atoms with Crippen LogP contribution in [0, 0.1) is 11.8 Å². The molecule has 3 aliphatic heterocycles. The third-order valence-electron chi connectivity index (χ3n) is 6.74. The lowest BCUT2D eigenvalue weighted by Crippen LogP contribution is -2.46. The number of benzene rings is 1. The maximum Gasteiger partial charge on any atom is 0.243 e. The van der Waals surface area contributed by atoms with E-state index in [1.807, 2.05) is 4.90 Å². The quantitative estimate of drug-likeness (QED) is 0.794. The van der Waals surface area contributed by atoms with Gasteiger partial charge in [0, 0.05) is 44.2 Å². The van der Waals surface area contributed by atoms with Crippen molar-refractivity contribution in [1.29, 1.82) is 0 Å². The maximum absolute atomic E-state index is 13.2. The first-order valence-electron chi connectivity index (χ1n) is 11.1. The van der Waals surface area contributed by atoms with Crippen molar-refractivity contribution < 1.29 is 18.0 Å². The number of nitrogens with one attached hydrogen (secondary N) is 1. The number of likely N-dealkylation sites (tertiary alicyclic amines) is 1. The van der Waals surface area contributed by atoms with Crippen molar-refractivity contribution in [3.05, 3.63) is 23.8 Å². The number of carbonyl (C=O) groups is 2. The maximum atomic E-state index is 13.2. The standard InChI is InChI=1S/C22H31N3O4S/c1-16-7-11-24(12-8-16)22(27)17-9-13-25(14-10-17)30(28,29)19-5-6-20-18(15-19)3-2-4-21(26)23-20/h5-6,15-17H,2-4,7-14H2,1H3,(H,23,26). The number of aryl methyl sites for hydroxylation is 1. The third kappa shape index (κ3) is 4.39. The second-order valence-corrected chi connectivity index (χ2v) is 10.8. The first kappa shape index (κ1) is 21.3. The summed E-state index contributed by atoms with van der Waals surface area (Å²) in [4.78, 5) is 26.8. The third-order valence-corrected chi connectivity index (χ3v) is 8.63. The zero-order chi connectivity index (χ0) is 21.3. The summed E-state index contributed by atoms with van der Waals surface area (Å²) in [6.45, 7) is 4.61. The Morgan fingerprint density at radius 1 is 1.03 bits per heavy atom. The summed E-state index contributed by atoms with van der Waals surface area (Å²) >= 11 is 0. The molecule has 8 heteroatoms. The lowest BCUT2D eigenvalue weighted by atomic mass is 9.93. The highest BCUT2D eigenvalue weighted by molar-refractivity contribution is 7.89. The number of nitrogens with zero attached hydrogens (tertiary/aromatic N) is 2. The number of hydrogen-bond donors (Lipinski definition) is 1. The van der Waals surface area contributed by atoms with Crippen LogP contribution in [0.2, 0.25) is 0 Å². The predicted molar refractivity (Wildman–Crippen MR) is 114 cm³/mol. The highest BCUT2D eigenvalue weighted by Crippen LogP contribution is 2.30. The van der Waals surface area contributed by atoms with Crippen LogP contribution in [0.15, 0.2) is 23.1 Å². The summed E-state index contributed by atoms with van der Waals surface area (Å²) in [5.41, 5.74) is 1.57. The van der Waals surface area contributed by atoms with Crippen molar-refractivity contribution in [2.24, 2.45) is 11.8 Å². The average Bonchev–Trinajstić information content (AvgIpc) is 2.93. The minimum Gasteiger partial charge on any atom is -0.342 e. The minimum absolute atomic E-state index is 0.0285. The number of sulfonamides is 1. The highest BCUT2D eigenvalue weighted by Gasteiger charge is 2.34. The summed E-state index contributed by atoms with van der Waals surface area (Å²) in [6, 6.07) is 4.97. The molecule has 164 valence electrons. The molecular weight excluding hydrogens is 402 g/mol. The van der Waals surface area contributed by atoms with Gasteiger partial charge in [-0.1, -0.05) is 6.92 Å². The van der Waals surface area contributed by atoms with Crippen LogP contribution in [0.4, 0.5) is 5.69 Å². The van der Waals surface area contributed by atoms with E-state index in [-0.39, 0.29) is 22.6 Å². The number of rotatable bonds is 3. The summed E-state index contributed by atoms with van der Waals surface area (Å²) < 4.78 is 27.9. The van der Waals surface area contributed by atoms with Gasteiger partial charge in [-0.05, 0) is 68.2 Å². The Hall–Kier alpha value is -1.93. The molecule has 2 saturated heterocycles. The van der Waals surface area contributed by atoms with E-state index in [1.165, 1.54) is 4.31 Å². The molecule has 1 aromatic rings. The van der Waals surface area contributed by atoms with Crippen LogP contribution in [0.25, 0.3) is 0 Å². The van der Waals surface area contributed by atoms with Gasteiger partial charge in [-0.2, -0.15) is 4.31 Å². The zero-order valence-corrected chi connectivity index (χ0v) is 18.4. The number of anilines is 1. The van der Waals surface area contributed by atoms with E-state index in [2.05, 4.69) is 12.2 Å². The molecule has 1 aromatic carbocycles. The molecule has 2 amide bonds. The molecule has 0 aromatic heterocycles. The van der Waals surface area contributed by atoms with Crippen LogP contribution in [-0.2, 0) is 26.0 Å². The lowest BCUT2D eigenvalue weighted by Gasteiger charge is -2.36. The van der Waals surface area contributed by atoms with Crippen molar-refractivity contribution in [3.63, 3.8) is 0 Å². The fraction of sp³-hybridized carbons (Fsp3) is 0.636. The van der Waals surface area contributed by atoms with Crippen LogP contribution < -0.4 is 5.32 Å². The van der Waals surface area contributed by atoms with E-state index >= 15 is 0 Å². The molecule has 1 N–H and O–H groups in total. The van der Waals surface area contributed by atoms with Crippen LogP contribution in [0.1, 0.15) is 51.0 Å². The number of fused-ring (bicyclic) bond motifs is 1. The van der Waals surface area contributed by atoms with Gasteiger partial charge in [0.25, 0.3) is 0 Å². The Bertz CT molecular complexity index is 914. The van der Waals surface area contributed by atoms with Gasteiger partial charge < -0.3 is 10.2 Å². The van der Waals surface area contributed by atoms with E-state index in [1.54, 1.807) is 18.2 Å². The molecule has 0 bridgehead atoms. The van der Waals surface area contributed by atoms with Gasteiger partial charge in [-0.3, -0.25) is 9.59 Å². The number of amides is 2. The van der Waals surface area contributed by atoms with Crippen LogP contribution in [-0.4, -0.2) is 55.6 Å². The fourth-order valence-electron chi connectivity index (χ4n) is 4.69. The van der Waals surface area contributed by atoms with E-state index < -0.39 is 10.0 Å². The Morgan fingerprint density at radius 3 is 2.43 bits per heavy atom. The highest BCUT2D eigenvalue weighted by atomic mass is 32.2. The van der Waals surface area contributed by atoms with Gasteiger partial charge in [0.2, 0.25) is 21.8 Å². The summed E-state index contributed by atoms with van der Waals surface area (Å²) in [5.74, 6) is 0.765. The topological polar surface area (TPSA) is 86.8 Å². The Balaban J connectivity index is 1.41. The molecular formula is C22H31N3O4S. The van der Waals surface area contributed by atoms with E-state index in [0.717, 1.165) is 31.5 Å². The lowest BCUT2D eigenvalue weighted by molar-refractivity contribution is -0.138. The van der Waals surface area contributed by atoms with Crippen LogP contribution in [0.3, 0.4) is 0 Å². The molecule has 0 spiro atoms. The Labute approximate surface area is 178 Å². The average molecular weight is 434 g/mol. The normalized spacial score (nSPS) is 22.3. The molecule has 0 saturated carbocycles. The van der Waals surface area contributed by atoms with Crippen molar-refractivity contribution in [2.45, 2.75) is 56.8 Å². The van der Waals surface area contributed by atoms with Crippen molar-refractivity contribution in [1.82, 2.24) is 9.21 Å². The number of hydrogen-bond acceptors (Lipinski definition) is 4. The van der Waals surface area contributed by atoms with E-state index in [0.29, 0.717) is 56.8 Å². The predicted octanol–water partition coefficient (Wildman–Crippen LogP) is 2.62. The van der Waals surface area contributed by atoms with Gasteiger partial charge in [0.05, 0.1) is 4.90 Å². The zero-order valence-electron chi connectivity index (χ0n) is 17.6. The second-order valence-electron chi connectivity index (χ2n) is 8.91. The molecule has 4 rings (SSSR count). The smallest absolute Gasteiger partial charge is 0.243 e. The first-order valence-corrected chi connectivity index (χ1v) is 12.5. The van der Waals surface area contributed by atoms with Gasteiger partial charge in [0.1, 0.15) is 0 Å². The molecule has 0 radical (unpaired) electrons. The van der Waals surface area contributed by atoms with Gasteiger partial charge in [-0.25, -0.2) is 8.42 Å². The van der Waals surface area contributed by atoms with Crippen LogP contribution >= 0.6 is 0 Å². The minimum atomic E-state index is -3.61. The fourth-order valence-corrected chi connectivity index (χ4v) is 6.21. The molecule has 7 nitrogen and oxygen atoms in total. The molecule has 2 fully saturated rings. The monoisotopic (exact) mass is 433 g/mol. The van der Waals surface area contributed by atoms with Crippen LogP contribution in [0.5, 0.6) is 0 Å². The Morgan fingerprint density at radius 2 is 1.73 bits per heavy atom. The molecule has 3 heterocycles. The van der Waals surface area contributed by atoms with E-state index in [4.69, 9.17) is 0 Å². The first-order chi connectivity index (χ1) is 14.3. The SMILES string of the molecule is CC1CCN(C(=O)C2CCN(S(=O)(=O)c3ccc4c(c3)CCCC(=O)N4)CC2)CC1. The second kappa shape index (κ2) is 8.67. The molecule has 0 aliphatic carbocycles. The Kier molecular flexibility index (Phi) is 6.16. The molecule has 30 heavy (non-hydrogen) atoms. The van der Waals surface area contributed by atoms with E-state index in [9.17, 15) is 18.0 Å². The van der Waals surface area contributed by atoms with Gasteiger partial charge >= 0.3 is 0 Å². The van der Waals surface area contributed by atoms with Crippen molar-refractivity contribution >= 4 is 27.5 Å². The molecule has 3 aliphatic rings. The van der Waals surface area contributed by atoms with Gasteiger partial charge in [-0.15, -0.1) is 0 Å². The number of piperidine rings is 2. The van der Waals surface area contributed by atoms with Gasteiger partial charge in [0.15, 0.2) is 0 Å². The van der Waals surface area contributed by atoms with Crippen molar-refractivity contribution in [2.75, 3.05) is 31.5 Å². The number of carbonyl (C=O) groups excluding carboxylic acids is 2. The summed E-state index contributed by atoms with van der Waals surface area (Å²) in [6.07, 6.45) is 5.10. The molecule has 0 atom stereocenters. The summed E-state index contributed by atoms with van der Waals surface area (Å²) in [7, 11) is -3.61. The largest absolute Gasteiger partial charge is 0.342 e.